The van der Waals surface area contributed by atoms with Gasteiger partial charge in [0.15, 0.2) is 0 Å². The standard InChI is InChI=1S/C15H19N3O2S/c1-9-5-6-11-10(8-9)13(17)14(21-11)15(20)18-7-3-2-4-12(16)19/h5-6,8H,2-4,7,17H2,1H3,(H2,16,19)(H,18,20). The van der Waals surface area contributed by atoms with Gasteiger partial charge in [-0.3, -0.25) is 9.59 Å². The van der Waals surface area contributed by atoms with Crippen LogP contribution in [-0.2, 0) is 4.79 Å². The number of nitrogen functional groups attached to an aromatic ring is 1. The van der Waals surface area contributed by atoms with E-state index in [0.29, 0.717) is 30.0 Å². The fourth-order valence-electron chi connectivity index (χ4n) is 2.11. The molecule has 2 aromatic rings. The van der Waals surface area contributed by atoms with E-state index in [1.54, 1.807) is 0 Å². The molecule has 2 amide bonds. The van der Waals surface area contributed by atoms with Crippen molar-refractivity contribution in [1.29, 1.82) is 0 Å². The van der Waals surface area contributed by atoms with Crippen LogP contribution >= 0.6 is 11.3 Å². The third kappa shape index (κ3) is 3.72. The van der Waals surface area contributed by atoms with E-state index >= 15 is 0 Å². The topological polar surface area (TPSA) is 98.2 Å². The first-order valence-corrected chi connectivity index (χ1v) is 7.66. The lowest BCUT2D eigenvalue weighted by atomic mass is 10.1. The van der Waals surface area contributed by atoms with Crippen molar-refractivity contribution in [2.24, 2.45) is 5.73 Å². The number of amides is 2. The average Bonchev–Trinajstić information content (AvgIpc) is 2.75. The minimum atomic E-state index is -0.314. The fraction of sp³-hybridized carbons (Fsp3) is 0.333. The first-order valence-electron chi connectivity index (χ1n) is 6.84. The van der Waals surface area contributed by atoms with Gasteiger partial charge in [0, 0.05) is 23.1 Å². The zero-order valence-electron chi connectivity index (χ0n) is 11.9. The highest BCUT2D eigenvalue weighted by Crippen LogP contribution is 2.34. The van der Waals surface area contributed by atoms with Gasteiger partial charge in [0.2, 0.25) is 5.91 Å². The maximum absolute atomic E-state index is 12.1. The van der Waals surface area contributed by atoms with Crippen molar-refractivity contribution in [2.75, 3.05) is 12.3 Å². The second-order valence-corrected chi connectivity index (χ2v) is 6.08. The second-order valence-electron chi connectivity index (χ2n) is 5.02. The summed E-state index contributed by atoms with van der Waals surface area (Å²) in [5.74, 6) is -0.476. The average molecular weight is 305 g/mol. The molecule has 6 heteroatoms. The third-order valence-electron chi connectivity index (χ3n) is 3.22. The first kappa shape index (κ1) is 15.3. The maximum atomic E-state index is 12.1. The van der Waals surface area contributed by atoms with Crippen LogP contribution in [0.4, 0.5) is 5.69 Å². The zero-order chi connectivity index (χ0) is 15.4. The van der Waals surface area contributed by atoms with Crippen LogP contribution < -0.4 is 16.8 Å². The third-order valence-corrected chi connectivity index (χ3v) is 4.41. The predicted molar refractivity (Wildman–Crippen MR) is 86.4 cm³/mol. The number of nitrogens with one attached hydrogen (secondary N) is 1. The van der Waals surface area contributed by atoms with Crippen molar-refractivity contribution in [3.8, 4) is 0 Å². The van der Waals surface area contributed by atoms with Gasteiger partial charge in [-0.25, -0.2) is 0 Å². The van der Waals surface area contributed by atoms with Gasteiger partial charge in [0.05, 0.1) is 5.69 Å². The number of benzene rings is 1. The zero-order valence-corrected chi connectivity index (χ0v) is 12.8. The molecule has 1 heterocycles. The molecule has 1 aromatic heterocycles. The number of hydrogen-bond donors (Lipinski definition) is 3. The summed E-state index contributed by atoms with van der Waals surface area (Å²) >= 11 is 1.40. The number of fused-ring (bicyclic) bond motifs is 1. The van der Waals surface area contributed by atoms with Gasteiger partial charge in [0.1, 0.15) is 4.88 Å². The summed E-state index contributed by atoms with van der Waals surface area (Å²) in [6, 6.07) is 5.98. The van der Waals surface area contributed by atoms with E-state index in [0.717, 1.165) is 22.1 Å². The van der Waals surface area contributed by atoms with Crippen LogP contribution in [0.25, 0.3) is 10.1 Å². The van der Waals surface area contributed by atoms with E-state index < -0.39 is 0 Å². The molecule has 0 aliphatic rings. The quantitative estimate of drug-likeness (QED) is 0.713. The van der Waals surface area contributed by atoms with E-state index in [-0.39, 0.29) is 11.8 Å². The Morgan fingerprint density at radius 1 is 1.29 bits per heavy atom. The smallest absolute Gasteiger partial charge is 0.263 e. The molecule has 5 N–H and O–H groups in total. The van der Waals surface area contributed by atoms with Crippen LogP contribution in [0.3, 0.4) is 0 Å². The highest BCUT2D eigenvalue weighted by atomic mass is 32.1. The summed E-state index contributed by atoms with van der Waals surface area (Å²) in [4.78, 5) is 23.3. The van der Waals surface area contributed by atoms with Gasteiger partial charge in [-0.1, -0.05) is 11.6 Å². The van der Waals surface area contributed by atoms with Gasteiger partial charge >= 0.3 is 0 Å². The van der Waals surface area contributed by atoms with Crippen molar-refractivity contribution in [3.05, 3.63) is 28.6 Å². The van der Waals surface area contributed by atoms with E-state index in [9.17, 15) is 9.59 Å². The van der Waals surface area contributed by atoms with E-state index in [4.69, 9.17) is 11.5 Å². The molecule has 0 saturated carbocycles. The molecule has 1 aromatic carbocycles. The molecule has 0 aliphatic heterocycles. The number of carbonyl (C=O) groups is 2. The molecule has 0 fully saturated rings. The molecule has 0 bridgehead atoms. The molecule has 0 aliphatic carbocycles. The number of aryl methyl sites for hydroxylation is 1. The Morgan fingerprint density at radius 3 is 2.76 bits per heavy atom. The minimum absolute atomic E-state index is 0.162. The Balaban J connectivity index is 1.99. The Morgan fingerprint density at radius 2 is 2.05 bits per heavy atom. The number of carbonyl (C=O) groups excluding carboxylic acids is 2. The largest absolute Gasteiger partial charge is 0.397 e. The van der Waals surface area contributed by atoms with Gasteiger partial charge in [-0.2, -0.15) is 0 Å². The van der Waals surface area contributed by atoms with Gasteiger partial charge < -0.3 is 16.8 Å². The molecule has 0 spiro atoms. The lowest BCUT2D eigenvalue weighted by molar-refractivity contribution is -0.118. The van der Waals surface area contributed by atoms with E-state index in [1.807, 2.05) is 25.1 Å². The molecule has 112 valence electrons. The summed E-state index contributed by atoms with van der Waals surface area (Å²) in [5.41, 5.74) is 12.8. The number of unbranched alkanes of at least 4 members (excludes halogenated alkanes) is 1. The summed E-state index contributed by atoms with van der Waals surface area (Å²) in [6.45, 7) is 2.51. The number of hydrogen-bond acceptors (Lipinski definition) is 4. The lowest BCUT2D eigenvalue weighted by Gasteiger charge is -2.03. The van der Waals surface area contributed by atoms with Crippen molar-refractivity contribution in [3.63, 3.8) is 0 Å². The van der Waals surface area contributed by atoms with E-state index in [2.05, 4.69) is 5.32 Å². The Hall–Kier alpha value is -2.08. The molecule has 0 radical (unpaired) electrons. The van der Waals surface area contributed by atoms with Crippen molar-refractivity contribution >= 4 is 38.9 Å². The van der Waals surface area contributed by atoms with Gasteiger partial charge in [-0.15, -0.1) is 11.3 Å². The van der Waals surface area contributed by atoms with Crippen LogP contribution in [0.2, 0.25) is 0 Å². The Bertz CT molecular complexity index is 679. The van der Waals surface area contributed by atoms with Crippen LogP contribution in [0, 0.1) is 6.92 Å². The normalized spacial score (nSPS) is 10.7. The summed E-state index contributed by atoms with van der Waals surface area (Å²) in [7, 11) is 0. The van der Waals surface area contributed by atoms with Crippen LogP contribution in [0.1, 0.15) is 34.5 Å². The van der Waals surface area contributed by atoms with Crippen LogP contribution in [0.15, 0.2) is 18.2 Å². The molecular weight excluding hydrogens is 286 g/mol. The molecule has 0 unspecified atom stereocenters. The van der Waals surface area contributed by atoms with Crippen molar-refractivity contribution < 1.29 is 9.59 Å². The Labute approximate surface area is 127 Å². The number of thiophene rings is 1. The molecule has 2 rings (SSSR count). The number of anilines is 1. The first-order chi connectivity index (χ1) is 9.99. The van der Waals surface area contributed by atoms with Crippen LogP contribution in [-0.4, -0.2) is 18.4 Å². The maximum Gasteiger partial charge on any atom is 0.263 e. The molecule has 5 nitrogen and oxygen atoms in total. The summed E-state index contributed by atoms with van der Waals surface area (Å²) in [6.07, 6.45) is 1.75. The molecule has 0 saturated heterocycles. The number of primary amides is 1. The molecular formula is C15H19N3O2S. The van der Waals surface area contributed by atoms with E-state index in [1.165, 1.54) is 11.3 Å². The molecule has 21 heavy (non-hydrogen) atoms. The van der Waals surface area contributed by atoms with Crippen LogP contribution in [0.5, 0.6) is 0 Å². The minimum Gasteiger partial charge on any atom is -0.397 e. The van der Waals surface area contributed by atoms with Gasteiger partial charge in [0.25, 0.3) is 5.91 Å². The van der Waals surface area contributed by atoms with Crippen molar-refractivity contribution in [1.82, 2.24) is 5.32 Å². The summed E-state index contributed by atoms with van der Waals surface area (Å²) < 4.78 is 1.01. The highest BCUT2D eigenvalue weighted by Gasteiger charge is 2.15. The predicted octanol–water partition coefficient (Wildman–Crippen LogP) is 2.18. The van der Waals surface area contributed by atoms with Crippen molar-refractivity contribution in [2.45, 2.75) is 26.2 Å². The lowest BCUT2D eigenvalue weighted by Crippen LogP contribution is -2.24. The second kappa shape index (κ2) is 6.58. The highest BCUT2D eigenvalue weighted by molar-refractivity contribution is 7.21. The Kier molecular flexibility index (Phi) is 4.80. The monoisotopic (exact) mass is 305 g/mol. The summed E-state index contributed by atoms with van der Waals surface area (Å²) in [5, 5.41) is 3.76. The fourth-order valence-corrected chi connectivity index (χ4v) is 3.13. The van der Waals surface area contributed by atoms with Gasteiger partial charge in [-0.05, 0) is 31.9 Å². The molecule has 0 atom stereocenters. The number of nitrogens with two attached hydrogens (primary N) is 2. The number of rotatable bonds is 6. The SMILES string of the molecule is Cc1ccc2sc(C(=O)NCCCCC(N)=O)c(N)c2c1.